The zero-order chi connectivity index (χ0) is 14.7. The van der Waals surface area contributed by atoms with Gasteiger partial charge in [0.15, 0.2) is 0 Å². The maximum Gasteiger partial charge on any atom is 0.227 e. The normalized spacial score (nSPS) is 18.9. The summed E-state index contributed by atoms with van der Waals surface area (Å²) in [7, 11) is 0. The minimum absolute atomic E-state index is 0.227. The molecule has 1 amide bonds. The lowest BCUT2D eigenvalue weighted by molar-refractivity contribution is -0.131. The van der Waals surface area contributed by atoms with E-state index in [-0.39, 0.29) is 5.91 Å². The van der Waals surface area contributed by atoms with E-state index >= 15 is 0 Å². The van der Waals surface area contributed by atoms with Gasteiger partial charge >= 0.3 is 0 Å². The van der Waals surface area contributed by atoms with E-state index < -0.39 is 0 Å². The van der Waals surface area contributed by atoms with Crippen LogP contribution in [-0.2, 0) is 17.8 Å². The van der Waals surface area contributed by atoms with Crippen molar-refractivity contribution in [1.29, 1.82) is 0 Å². The van der Waals surface area contributed by atoms with Crippen molar-refractivity contribution in [1.82, 2.24) is 19.7 Å². The third kappa shape index (κ3) is 3.15. The molecule has 5 nitrogen and oxygen atoms in total. The quantitative estimate of drug-likeness (QED) is 0.871. The summed E-state index contributed by atoms with van der Waals surface area (Å²) in [6.45, 7) is 4.60. The molecule has 6 heteroatoms. The number of amides is 1. The highest BCUT2D eigenvalue weighted by Gasteiger charge is 2.27. The van der Waals surface area contributed by atoms with Crippen molar-refractivity contribution < 1.29 is 4.79 Å². The van der Waals surface area contributed by atoms with Crippen molar-refractivity contribution in [3.8, 4) is 0 Å². The number of nitrogens with zero attached hydrogens (tertiary/aromatic N) is 4. The Labute approximate surface area is 128 Å². The van der Waals surface area contributed by atoms with Gasteiger partial charge in [-0.15, -0.1) is 21.5 Å². The number of rotatable bonds is 4. The van der Waals surface area contributed by atoms with Crippen LogP contribution in [0.1, 0.15) is 36.4 Å². The second kappa shape index (κ2) is 6.39. The first-order chi connectivity index (χ1) is 10.3. The Morgan fingerprint density at radius 3 is 3.19 bits per heavy atom. The van der Waals surface area contributed by atoms with Crippen molar-refractivity contribution >= 4 is 17.2 Å². The van der Waals surface area contributed by atoms with Crippen LogP contribution in [0.5, 0.6) is 0 Å². The SMILES string of the molecule is CCn1cnnc1C1CCCN(C(=O)Cc2cccs2)C1. The molecular weight excluding hydrogens is 284 g/mol. The number of piperidine rings is 1. The maximum absolute atomic E-state index is 12.4. The van der Waals surface area contributed by atoms with Crippen LogP contribution in [0.2, 0.25) is 0 Å². The van der Waals surface area contributed by atoms with Gasteiger partial charge in [0.2, 0.25) is 5.91 Å². The predicted molar refractivity (Wildman–Crippen MR) is 82.3 cm³/mol. The molecule has 0 N–H and O–H groups in total. The van der Waals surface area contributed by atoms with Crippen LogP contribution >= 0.6 is 11.3 Å². The Hall–Kier alpha value is -1.69. The first kappa shape index (κ1) is 14.3. The summed E-state index contributed by atoms with van der Waals surface area (Å²) >= 11 is 1.65. The Balaban J connectivity index is 1.67. The number of carbonyl (C=O) groups excluding carboxylic acids is 1. The monoisotopic (exact) mass is 304 g/mol. The molecule has 1 fully saturated rings. The fourth-order valence-corrected chi connectivity index (χ4v) is 3.61. The predicted octanol–water partition coefficient (Wildman–Crippen LogP) is 2.31. The Morgan fingerprint density at radius 2 is 2.43 bits per heavy atom. The molecule has 3 rings (SSSR count). The molecule has 0 saturated carbocycles. The highest BCUT2D eigenvalue weighted by Crippen LogP contribution is 2.26. The summed E-state index contributed by atoms with van der Waals surface area (Å²) in [5.74, 6) is 1.56. The number of hydrogen-bond acceptors (Lipinski definition) is 4. The number of likely N-dealkylation sites (tertiary alicyclic amines) is 1. The van der Waals surface area contributed by atoms with Crippen molar-refractivity contribution in [2.24, 2.45) is 0 Å². The molecule has 112 valence electrons. The molecule has 2 aromatic heterocycles. The molecule has 1 saturated heterocycles. The van der Waals surface area contributed by atoms with Gasteiger partial charge < -0.3 is 9.47 Å². The van der Waals surface area contributed by atoms with E-state index in [4.69, 9.17) is 0 Å². The topological polar surface area (TPSA) is 51.0 Å². The molecule has 1 aliphatic rings. The average Bonchev–Trinajstić information content (AvgIpc) is 3.18. The lowest BCUT2D eigenvalue weighted by Crippen LogP contribution is -2.40. The highest BCUT2D eigenvalue weighted by molar-refractivity contribution is 7.10. The molecule has 21 heavy (non-hydrogen) atoms. The molecule has 3 heterocycles. The van der Waals surface area contributed by atoms with Gasteiger partial charge in [0.05, 0.1) is 6.42 Å². The smallest absolute Gasteiger partial charge is 0.227 e. The standard InChI is InChI=1S/C15H20N4OS/c1-2-18-11-16-17-15(18)12-5-3-7-19(10-12)14(20)9-13-6-4-8-21-13/h4,6,8,11-12H,2-3,5,7,9-10H2,1H3. The van der Waals surface area contributed by atoms with E-state index in [1.54, 1.807) is 17.7 Å². The van der Waals surface area contributed by atoms with Gasteiger partial charge in [-0.2, -0.15) is 0 Å². The van der Waals surface area contributed by atoms with Crippen molar-refractivity contribution in [2.45, 2.75) is 38.6 Å². The zero-order valence-corrected chi connectivity index (χ0v) is 13.1. The first-order valence-electron chi connectivity index (χ1n) is 7.45. The van der Waals surface area contributed by atoms with Crippen molar-refractivity contribution in [3.05, 3.63) is 34.5 Å². The summed E-state index contributed by atoms with van der Waals surface area (Å²) < 4.78 is 2.08. The largest absolute Gasteiger partial charge is 0.342 e. The number of aromatic nitrogens is 3. The van der Waals surface area contributed by atoms with Crippen LogP contribution in [0.4, 0.5) is 0 Å². The molecule has 0 bridgehead atoms. The van der Waals surface area contributed by atoms with E-state index in [1.807, 2.05) is 22.4 Å². The molecule has 1 unspecified atom stereocenters. The molecule has 0 spiro atoms. The van der Waals surface area contributed by atoms with Gasteiger partial charge in [0.1, 0.15) is 12.2 Å². The molecule has 1 aliphatic heterocycles. The number of aryl methyl sites for hydroxylation is 1. The van der Waals surface area contributed by atoms with E-state index in [0.717, 1.165) is 43.2 Å². The van der Waals surface area contributed by atoms with Gasteiger partial charge in [-0.3, -0.25) is 4.79 Å². The van der Waals surface area contributed by atoms with Gasteiger partial charge in [-0.05, 0) is 31.2 Å². The molecule has 0 radical (unpaired) electrons. The summed E-state index contributed by atoms with van der Waals surface area (Å²) in [6, 6.07) is 4.02. The van der Waals surface area contributed by atoms with Gasteiger partial charge in [-0.25, -0.2) is 0 Å². The van der Waals surface area contributed by atoms with E-state index in [0.29, 0.717) is 12.3 Å². The minimum Gasteiger partial charge on any atom is -0.342 e. The van der Waals surface area contributed by atoms with E-state index in [2.05, 4.69) is 21.7 Å². The summed E-state index contributed by atoms with van der Waals surface area (Å²) in [5, 5.41) is 10.3. The van der Waals surface area contributed by atoms with Crippen molar-refractivity contribution in [3.63, 3.8) is 0 Å². The Bertz CT molecular complexity index is 593. The summed E-state index contributed by atoms with van der Waals surface area (Å²) in [4.78, 5) is 15.6. The van der Waals surface area contributed by atoms with E-state index in [9.17, 15) is 4.79 Å². The second-order valence-electron chi connectivity index (χ2n) is 5.41. The average molecular weight is 304 g/mol. The third-order valence-corrected chi connectivity index (χ3v) is 4.91. The number of carbonyl (C=O) groups is 1. The first-order valence-corrected chi connectivity index (χ1v) is 8.33. The maximum atomic E-state index is 12.4. The van der Waals surface area contributed by atoms with Gasteiger partial charge in [0, 0.05) is 30.4 Å². The molecule has 0 aliphatic carbocycles. The van der Waals surface area contributed by atoms with Crippen LogP contribution < -0.4 is 0 Å². The van der Waals surface area contributed by atoms with Crippen LogP contribution in [0.3, 0.4) is 0 Å². The Morgan fingerprint density at radius 1 is 1.52 bits per heavy atom. The molecule has 1 atom stereocenters. The Kier molecular flexibility index (Phi) is 4.34. The highest BCUT2D eigenvalue weighted by atomic mass is 32.1. The molecular formula is C15H20N4OS. The fourth-order valence-electron chi connectivity index (χ4n) is 2.91. The minimum atomic E-state index is 0.227. The van der Waals surface area contributed by atoms with Gasteiger partial charge in [-0.1, -0.05) is 6.07 Å². The number of thiophene rings is 1. The van der Waals surface area contributed by atoms with Crippen LogP contribution in [0.25, 0.3) is 0 Å². The van der Waals surface area contributed by atoms with Crippen LogP contribution in [0, 0.1) is 0 Å². The number of hydrogen-bond donors (Lipinski definition) is 0. The lowest BCUT2D eigenvalue weighted by atomic mass is 9.96. The lowest BCUT2D eigenvalue weighted by Gasteiger charge is -2.32. The summed E-state index contributed by atoms with van der Waals surface area (Å²) in [5.41, 5.74) is 0. The fraction of sp³-hybridized carbons (Fsp3) is 0.533. The summed E-state index contributed by atoms with van der Waals surface area (Å²) in [6.07, 6.45) is 4.42. The van der Waals surface area contributed by atoms with Crippen molar-refractivity contribution in [2.75, 3.05) is 13.1 Å². The molecule has 2 aromatic rings. The third-order valence-electron chi connectivity index (χ3n) is 4.03. The molecule has 0 aromatic carbocycles. The second-order valence-corrected chi connectivity index (χ2v) is 6.44. The van der Waals surface area contributed by atoms with Gasteiger partial charge in [0.25, 0.3) is 0 Å². The van der Waals surface area contributed by atoms with Crippen LogP contribution in [-0.4, -0.2) is 38.7 Å². The van der Waals surface area contributed by atoms with Crippen LogP contribution in [0.15, 0.2) is 23.8 Å². The van der Waals surface area contributed by atoms with E-state index in [1.165, 1.54) is 0 Å². The zero-order valence-electron chi connectivity index (χ0n) is 12.2.